The molecule has 4 nitrogen and oxygen atoms in total. The monoisotopic (exact) mass is 289 g/mol. The lowest BCUT2D eigenvalue weighted by molar-refractivity contribution is -0.117. The zero-order valence-corrected chi connectivity index (χ0v) is 12.6. The average molecular weight is 289 g/mol. The molecule has 0 unspecified atom stereocenters. The molecule has 0 saturated heterocycles. The Morgan fingerprint density at radius 3 is 2.71 bits per heavy atom. The number of hydrogen-bond donors (Lipinski definition) is 2. The second kappa shape index (κ2) is 7.27. The number of rotatable bonds is 4. The quantitative estimate of drug-likeness (QED) is 0.837. The zero-order valence-electron chi connectivity index (χ0n) is 12.6. The second-order valence-electron chi connectivity index (χ2n) is 5.59. The Bertz CT molecular complexity index is 517. The third-order valence-corrected chi connectivity index (χ3v) is 3.84. The molecule has 0 heterocycles. The molecule has 0 aromatic heterocycles. The summed E-state index contributed by atoms with van der Waals surface area (Å²) in [5.41, 5.74) is 2.02. The minimum Gasteiger partial charge on any atom is -0.496 e. The van der Waals surface area contributed by atoms with Crippen LogP contribution in [0.2, 0.25) is 0 Å². The van der Waals surface area contributed by atoms with Crippen molar-refractivity contribution in [2.24, 2.45) is 0 Å². The summed E-state index contributed by atoms with van der Waals surface area (Å²) in [6, 6.07) is 6.03. The Labute approximate surface area is 125 Å². The number of aryl methyl sites for hydroxylation is 1. The van der Waals surface area contributed by atoms with E-state index in [0.717, 1.165) is 42.6 Å². The van der Waals surface area contributed by atoms with Gasteiger partial charge in [0.25, 0.3) is 0 Å². The molecule has 1 saturated carbocycles. The minimum atomic E-state index is -0.203. The van der Waals surface area contributed by atoms with Crippen molar-refractivity contribution in [1.82, 2.24) is 5.32 Å². The Balaban J connectivity index is 1.94. The lowest BCUT2D eigenvalue weighted by atomic mass is 9.93. The van der Waals surface area contributed by atoms with E-state index in [2.05, 4.69) is 5.32 Å². The van der Waals surface area contributed by atoms with Gasteiger partial charge in [0.1, 0.15) is 5.75 Å². The number of nitrogens with one attached hydrogen (secondary N) is 1. The Morgan fingerprint density at radius 2 is 2.05 bits per heavy atom. The van der Waals surface area contributed by atoms with Crippen LogP contribution in [0.4, 0.5) is 0 Å². The molecule has 1 aromatic carbocycles. The van der Waals surface area contributed by atoms with E-state index in [9.17, 15) is 9.90 Å². The Morgan fingerprint density at radius 1 is 1.33 bits per heavy atom. The number of methoxy groups -OCH3 is 1. The Kier molecular flexibility index (Phi) is 5.39. The maximum Gasteiger partial charge on any atom is 0.244 e. The maximum atomic E-state index is 11.9. The number of benzene rings is 1. The van der Waals surface area contributed by atoms with Crippen LogP contribution in [0.15, 0.2) is 24.3 Å². The van der Waals surface area contributed by atoms with Crippen LogP contribution in [0.1, 0.15) is 36.8 Å². The highest BCUT2D eigenvalue weighted by Gasteiger charge is 2.19. The molecule has 1 amide bonds. The van der Waals surface area contributed by atoms with Crippen molar-refractivity contribution < 1.29 is 14.6 Å². The van der Waals surface area contributed by atoms with Crippen molar-refractivity contribution in [3.63, 3.8) is 0 Å². The number of amides is 1. The SMILES string of the molecule is COc1ccc(C)cc1/C=C/C(=O)NC1CCC(O)CC1. The van der Waals surface area contributed by atoms with E-state index in [1.165, 1.54) is 0 Å². The highest BCUT2D eigenvalue weighted by atomic mass is 16.5. The predicted molar refractivity (Wildman–Crippen MR) is 83.2 cm³/mol. The van der Waals surface area contributed by atoms with E-state index in [1.807, 2.05) is 25.1 Å². The van der Waals surface area contributed by atoms with E-state index in [-0.39, 0.29) is 18.1 Å². The van der Waals surface area contributed by atoms with Gasteiger partial charge in [0.2, 0.25) is 5.91 Å². The van der Waals surface area contributed by atoms with Gasteiger partial charge < -0.3 is 15.2 Å². The molecule has 0 atom stereocenters. The summed E-state index contributed by atoms with van der Waals surface area (Å²) in [5, 5.41) is 12.4. The third kappa shape index (κ3) is 4.60. The normalized spacial score (nSPS) is 22.2. The standard InChI is InChI=1S/C17H23NO3/c1-12-3-9-16(21-2)13(11-12)4-10-17(20)18-14-5-7-15(19)8-6-14/h3-4,9-11,14-15,19H,5-8H2,1-2H3,(H,18,20)/b10-4+. The fraction of sp³-hybridized carbons (Fsp3) is 0.471. The molecule has 1 aliphatic rings. The van der Waals surface area contributed by atoms with E-state index in [4.69, 9.17) is 4.74 Å². The van der Waals surface area contributed by atoms with E-state index in [1.54, 1.807) is 19.3 Å². The van der Waals surface area contributed by atoms with Gasteiger partial charge >= 0.3 is 0 Å². The molecule has 1 fully saturated rings. The summed E-state index contributed by atoms with van der Waals surface area (Å²) in [6.45, 7) is 2.00. The summed E-state index contributed by atoms with van der Waals surface area (Å²) in [6.07, 6.45) is 6.33. The number of hydrogen-bond acceptors (Lipinski definition) is 3. The first-order valence-electron chi connectivity index (χ1n) is 7.40. The second-order valence-corrected chi connectivity index (χ2v) is 5.59. The van der Waals surface area contributed by atoms with Gasteiger partial charge in [-0.1, -0.05) is 11.6 Å². The maximum absolute atomic E-state index is 11.9. The van der Waals surface area contributed by atoms with Gasteiger partial charge in [-0.2, -0.15) is 0 Å². The van der Waals surface area contributed by atoms with Crippen molar-refractivity contribution in [2.45, 2.75) is 44.8 Å². The van der Waals surface area contributed by atoms with Crippen LogP contribution in [-0.4, -0.2) is 30.3 Å². The molecular weight excluding hydrogens is 266 g/mol. The zero-order chi connectivity index (χ0) is 15.2. The lowest BCUT2D eigenvalue weighted by Crippen LogP contribution is -2.37. The van der Waals surface area contributed by atoms with E-state index in [0.29, 0.717) is 0 Å². The van der Waals surface area contributed by atoms with Crippen molar-refractivity contribution in [1.29, 1.82) is 0 Å². The Hall–Kier alpha value is -1.81. The van der Waals surface area contributed by atoms with E-state index >= 15 is 0 Å². The fourth-order valence-electron chi connectivity index (χ4n) is 2.62. The summed E-state index contributed by atoms with van der Waals surface area (Å²) >= 11 is 0. The summed E-state index contributed by atoms with van der Waals surface area (Å²) < 4.78 is 5.28. The molecule has 0 radical (unpaired) electrons. The van der Waals surface area contributed by atoms with Crippen LogP contribution in [0.25, 0.3) is 6.08 Å². The van der Waals surface area contributed by atoms with Crippen molar-refractivity contribution >= 4 is 12.0 Å². The largest absolute Gasteiger partial charge is 0.496 e. The molecule has 2 rings (SSSR count). The first-order chi connectivity index (χ1) is 10.1. The molecule has 0 spiro atoms. The van der Waals surface area contributed by atoms with Crippen LogP contribution in [0.5, 0.6) is 5.75 Å². The van der Waals surface area contributed by atoms with Crippen LogP contribution in [-0.2, 0) is 4.79 Å². The molecule has 4 heteroatoms. The highest BCUT2D eigenvalue weighted by molar-refractivity contribution is 5.92. The summed E-state index contributed by atoms with van der Waals surface area (Å²) in [5.74, 6) is 0.658. The molecule has 2 N–H and O–H groups in total. The van der Waals surface area contributed by atoms with Crippen LogP contribution < -0.4 is 10.1 Å². The molecule has 0 aliphatic heterocycles. The predicted octanol–water partition coefficient (Wildman–Crippen LogP) is 2.44. The fourth-order valence-corrected chi connectivity index (χ4v) is 2.62. The topological polar surface area (TPSA) is 58.6 Å². The average Bonchev–Trinajstić information content (AvgIpc) is 2.48. The van der Waals surface area contributed by atoms with Gasteiger partial charge in [-0.15, -0.1) is 0 Å². The van der Waals surface area contributed by atoms with Gasteiger partial charge in [0.15, 0.2) is 0 Å². The molecule has 114 valence electrons. The van der Waals surface area contributed by atoms with Crippen molar-refractivity contribution in [3.8, 4) is 5.75 Å². The van der Waals surface area contributed by atoms with Crippen LogP contribution in [0, 0.1) is 6.92 Å². The lowest BCUT2D eigenvalue weighted by Gasteiger charge is -2.25. The molecule has 1 aromatic rings. The molecule has 0 bridgehead atoms. The first kappa shape index (κ1) is 15.6. The van der Waals surface area contributed by atoms with Gasteiger partial charge in [-0.25, -0.2) is 0 Å². The third-order valence-electron chi connectivity index (χ3n) is 3.84. The van der Waals surface area contributed by atoms with Crippen LogP contribution in [0.3, 0.4) is 0 Å². The van der Waals surface area contributed by atoms with Crippen LogP contribution >= 0.6 is 0 Å². The number of carbonyl (C=O) groups is 1. The van der Waals surface area contributed by atoms with Gasteiger partial charge in [-0.3, -0.25) is 4.79 Å². The minimum absolute atomic E-state index is 0.0973. The summed E-state index contributed by atoms with van der Waals surface area (Å²) in [7, 11) is 1.62. The van der Waals surface area contributed by atoms with Gasteiger partial charge in [-0.05, 0) is 50.8 Å². The molecular formula is C17H23NO3. The highest BCUT2D eigenvalue weighted by Crippen LogP contribution is 2.21. The van der Waals surface area contributed by atoms with Crippen molar-refractivity contribution in [3.05, 3.63) is 35.4 Å². The smallest absolute Gasteiger partial charge is 0.244 e. The van der Waals surface area contributed by atoms with Gasteiger partial charge in [0, 0.05) is 17.7 Å². The number of aliphatic hydroxyl groups is 1. The molecule has 1 aliphatic carbocycles. The van der Waals surface area contributed by atoms with E-state index < -0.39 is 0 Å². The number of carbonyl (C=O) groups excluding carboxylic acids is 1. The van der Waals surface area contributed by atoms with Crippen molar-refractivity contribution in [2.75, 3.05) is 7.11 Å². The van der Waals surface area contributed by atoms with Gasteiger partial charge in [0.05, 0.1) is 13.2 Å². The number of ether oxygens (including phenoxy) is 1. The summed E-state index contributed by atoms with van der Waals surface area (Å²) in [4.78, 5) is 11.9. The number of aliphatic hydroxyl groups excluding tert-OH is 1. The molecule has 21 heavy (non-hydrogen) atoms. The first-order valence-corrected chi connectivity index (χ1v) is 7.40.